The van der Waals surface area contributed by atoms with Crippen LogP contribution in [0.3, 0.4) is 0 Å². The lowest BCUT2D eigenvalue weighted by atomic mass is 10.1. The number of hydrogen-bond acceptors (Lipinski definition) is 3. The van der Waals surface area contributed by atoms with E-state index in [0.29, 0.717) is 11.3 Å². The van der Waals surface area contributed by atoms with Crippen molar-refractivity contribution in [1.29, 1.82) is 0 Å². The van der Waals surface area contributed by atoms with Crippen molar-refractivity contribution in [1.82, 2.24) is 4.57 Å². The van der Waals surface area contributed by atoms with E-state index in [1.165, 1.54) is 12.1 Å². The average Bonchev–Trinajstić information content (AvgIpc) is 3.11. The molecule has 6 heteroatoms. The van der Waals surface area contributed by atoms with Crippen LogP contribution in [-0.4, -0.2) is 15.4 Å². The zero-order chi connectivity index (χ0) is 18.0. The molecule has 0 aliphatic heterocycles. The molecular weight excluding hydrogens is 318 g/mol. The smallest absolute Gasteiger partial charge is 0.271 e. The van der Waals surface area contributed by atoms with Gasteiger partial charge in [-0.3, -0.25) is 14.9 Å². The van der Waals surface area contributed by atoms with Crippen molar-refractivity contribution in [3.8, 4) is 5.69 Å². The topological polar surface area (TPSA) is 77.2 Å². The van der Waals surface area contributed by atoms with Gasteiger partial charge in [0, 0.05) is 35.8 Å². The minimum absolute atomic E-state index is 0.0576. The molecule has 6 nitrogen and oxygen atoms in total. The van der Waals surface area contributed by atoms with Gasteiger partial charge in [0.2, 0.25) is 0 Å². The van der Waals surface area contributed by atoms with Gasteiger partial charge in [0.25, 0.3) is 11.6 Å². The predicted molar refractivity (Wildman–Crippen MR) is 96.3 cm³/mol. The first-order valence-corrected chi connectivity index (χ1v) is 7.76. The van der Waals surface area contributed by atoms with Crippen LogP contribution in [0, 0.1) is 24.0 Å². The van der Waals surface area contributed by atoms with Crippen LogP contribution in [0.5, 0.6) is 0 Å². The average molecular weight is 335 g/mol. The number of benzene rings is 2. The normalized spacial score (nSPS) is 10.5. The van der Waals surface area contributed by atoms with Crippen molar-refractivity contribution in [3.05, 3.63) is 87.7 Å². The summed E-state index contributed by atoms with van der Waals surface area (Å²) in [6.07, 6.45) is 3.82. The lowest BCUT2D eigenvalue weighted by Gasteiger charge is -2.12. The first-order chi connectivity index (χ1) is 12.0. The van der Waals surface area contributed by atoms with Gasteiger partial charge in [0.15, 0.2) is 0 Å². The first kappa shape index (κ1) is 16.4. The molecule has 0 saturated heterocycles. The maximum atomic E-state index is 12.6. The number of amides is 1. The molecule has 0 radical (unpaired) electrons. The number of non-ortho nitro benzene ring substituents is 1. The van der Waals surface area contributed by atoms with Crippen LogP contribution in [0.25, 0.3) is 5.69 Å². The van der Waals surface area contributed by atoms with Gasteiger partial charge in [0.1, 0.15) is 0 Å². The van der Waals surface area contributed by atoms with E-state index < -0.39 is 4.92 Å². The summed E-state index contributed by atoms with van der Waals surface area (Å²) in [5, 5.41) is 13.7. The molecule has 0 aliphatic carbocycles. The molecule has 1 N–H and O–H groups in total. The first-order valence-electron chi connectivity index (χ1n) is 7.76. The number of anilines is 1. The number of rotatable bonds is 4. The monoisotopic (exact) mass is 335 g/mol. The molecule has 126 valence electrons. The van der Waals surface area contributed by atoms with Crippen LogP contribution < -0.4 is 5.32 Å². The second-order valence-corrected chi connectivity index (χ2v) is 5.80. The number of carbonyl (C=O) groups excluding carboxylic acids is 1. The highest BCUT2D eigenvalue weighted by Crippen LogP contribution is 2.23. The molecule has 0 aliphatic rings. The summed E-state index contributed by atoms with van der Waals surface area (Å²) in [6.45, 7) is 3.77. The summed E-state index contributed by atoms with van der Waals surface area (Å²) in [6, 6.07) is 13.7. The number of nitrogens with zero attached hydrogens (tertiary/aromatic N) is 2. The maximum Gasteiger partial charge on any atom is 0.271 e. The molecule has 0 saturated carbocycles. The molecule has 0 bridgehead atoms. The molecule has 1 heterocycles. The van der Waals surface area contributed by atoms with E-state index in [4.69, 9.17) is 0 Å². The summed E-state index contributed by atoms with van der Waals surface area (Å²) < 4.78 is 1.94. The number of nitro benzene ring substituents is 1. The van der Waals surface area contributed by atoms with Crippen molar-refractivity contribution >= 4 is 17.3 Å². The Balaban J connectivity index is 1.91. The van der Waals surface area contributed by atoms with Crippen molar-refractivity contribution in [3.63, 3.8) is 0 Å². The van der Waals surface area contributed by atoms with Crippen LogP contribution >= 0.6 is 0 Å². The summed E-state index contributed by atoms with van der Waals surface area (Å²) in [5.74, 6) is -0.308. The van der Waals surface area contributed by atoms with Gasteiger partial charge in [-0.25, -0.2) is 0 Å². The largest absolute Gasteiger partial charge is 0.324 e. The summed E-state index contributed by atoms with van der Waals surface area (Å²) in [4.78, 5) is 23.0. The summed E-state index contributed by atoms with van der Waals surface area (Å²) in [5.41, 5.74) is 3.57. The molecule has 3 aromatic rings. The Labute approximate surface area is 144 Å². The maximum absolute atomic E-state index is 12.6. The van der Waals surface area contributed by atoms with Crippen LogP contribution in [0.4, 0.5) is 11.4 Å². The van der Waals surface area contributed by atoms with E-state index in [2.05, 4.69) is 5.32 Å². The molecule has 25 heavy (non-hydrogen) atoms. The Kier molecular flexibility index (Phi) is 4.35. The van der Waals surface area contributed by atoms with Gasteiger partial charge >= 0.3 is 0 Å². The number of aromatic nitrogens is 1. The fourth-order valence-electron chi connectivity index (χ4n) is 2.58. The second kappa shape index (κ2) is 6.60. The second-order valence-electron chi connectivity index (χ2n) is 5.80. The lowest BCUT2D eigenvalue weighted by molar-refractivity contribution is -0.384. The Hall–Kier alpha value is -3.41. The third-order valence-corrected chi connectivity index (χ3v) is 4.03. The van der Waals surface area contributed by atoms with E-state index in [9.17, 15) is 14.9 Å². The van der Waals surface area contributed by atoms with E-state index in [1.807, 2.05) is 42.1 Å². The highest BCUT2D eigenvalue weighted by atomic mass is 16.6. The Morgan fingerprint density at radius 2 is 1.72 bits per heavy atom. The van der Waals surface area contributed by atoms with E-state index >= 15 is 0 Å². The highest BCUT2D eigenvalue weighted by Gasteiger charge is 2.13. The third-order valence-electron chi connectivity index (χ3n) is 4.03. The van der Waals surface area contributed by atoms with Gasteiger partial charge in [0.05, 0.1) is 10.6 Å². The SMILES string of the molecule is Cc1ccc([N+](=O)[O-])cc1NC(=O)c1ccc(C)c(-n2cccc2)c1. The summed E-state index contributed by atoms with van der Waals surface area (Å²) in [7, 11) is 0. The standard InChI is InChI=1S/C19H17N3O3/c1-13-6-8-16(22(24)25)12-17(13)20-19(23)15-7-5-14(2)18(11-15)21-9-3-4-10-21/h3-12H,1-2H3,(H,20,23). The van der Waals surface area contributed by atoms with Gasteiger partial charge in [-0.05, 0) is 49.2 Å². The molecule has 0 unspecified atom stereocenters. The van der Waals surface area contributed by atoms with Crippen LogP contribution in [0.2, 0.25) is 0 Å². The van der Waals surface area contributed by atoms with Gasteiger partial charge in [-0.1, -0.05) is 12.1 Å². The molecule has 3 rings (SSSR count). The molecule has 0 spiro atoms. The number of carbonyl (C=O) groups is 1. The number of aryl methyl sites for hydroxylation is 2. The molecule has 0 atom stereocenters. The zero-order valence-corrected chi connectivity index (χ0v) is 13.9. The van der Waals surface area contributed by atoms with E-state index in [0.717, 1.165) is 16.8 Å². The number of nitro groups is 1. The van der Waals surface area contributed by atoms with Crippen molar-refractivity contribution in [2.24, 2.45) is 0 Å². The Bertz CT molecular complexity index is 947. The Morgan fingerprint density at radius 1 is 1.04 bits per heavy atom. The van der Waals surface area contributed by atoms with Crippen molar-refractivity contribution in [2.75, 3.05) is 5.32 Å². The molecular formula is C19H17N3O3. The Morgan fingerprint density at radius 3 is 2.40 bits per heavy atom. The predicted octanol–water partition coefficient (Wildman–Crippen LogP) is 4.25. The van der Waals surface area contributed by atoms with Crippen molar-refractivity contribution in [2.45, 2.75) is 13.8 Å². The van der Waals surface area contributed by atoms with E-state index in [-0.39, 0.29) is 11.6 Å². The van der Waals surface area contributed by atoms with Crippen molar-refractivity contribution < 1.29 is 9.72 Å². The highest BCUT2D eigenvalue weighted by molar-refractivity contribution is 6.05. The quantitative estimate of drug-likeness (QED) is 0.572. The third kappa shape index (κ3) is 3.42. The zero-order valence-electron chi connectivity index (χ0n) is 13.9. The number of nitrogens with one attached hydrogen (secondary N) is 1. The van der Waals surface area contributed by atoms with Crippen LogP contribution in [-0.2, 0) is 0 Å². The van der Waals surface area contributed by atoms with Crippen LogP contribution in [0.15, 0.2) is 60.9 Å². The minimum atomic E-state index is -0.481. The molecule has 2 aromatic carbocycles. The lowest BCUT2D eigenvalue weighted by Crippen LogP contribution is -2.13. The minimum Gasteiger partial charge on any atom is -0.324 e. The summed E-state index contributed by atoms with van der Waals surface area (Å²) >= 11 is 0. The fourth-order valence-corrected chi connectivity index (χ4v) is 2.58. The van der Waals surface area contributed by atoms with Gasteiger partial charge in [-0.15, -0.1) is 0 Å². The molecule has 1 amide bonds. The van der Waals surface area contributed by atoms with Gasteiger partial charge < -0.3 is 9.88 Å². The van der Waals surface area contributed by atoms with Gasteiger partial charge in [-0.2, -0.15) is 0 Å². The number of hydrogen-bond donors (Lipinski definition) is 1. The van der Waals surface area contributed by atoms with Crippen LogP contribution in [0.1, 0.15) is 21.5 Å². The van der Waals surface area contributed by atoms with E-state index in [1.54, 1.807) is 25.1 Å². The fraction of sp³-hybridized carbons (Fsp3) is 0.105. The molecule has 1 aromatic heterocycles. The molecule has 0 fully saturated rings.